The number of nitrogens with zero attached hydrogens (tertiary/aromatic N) is 1. The van der Waals surface area contributed by atoms with Gasteiger partial charge in [0.2, 0.25) is 0 Å². The van der Waals surface area contributed by atoms with E-state index < -0.39 is 11.4 Å². The molecule has 4 nitrogen and oxygen atoms in total. The fourth-order valence-corrected chi connectivity index (χ4v) is 2.03. The molecule has 1 fully saturated rings. The van der Waals surface area contributed by atoms with Crippen molar-refractivity contribution in [2.24, 2.45) is 5.41 Å². The molecule has 76 valence electrons. The summed E-state index contributed by atoms with van der Waals surface area (Å²) in [5, 5.41) is 9.13. The van der Waals surface area contributed by atoms with Crippen LogP contribution in [-0.4, -0.2) is 49.3 Å². The molecule has 4 heteroatoms. The van der Waals surface area contributed by atoms with Crippen molar-refractivity contribution in [1.29, 1.82) is 0 Å². The van der Waals surface area contributed by atoms with Crippen molar-refractivity contribution in [2.75, 3.05) is 27.3 Å². The highest BCUT2D eigenvalue weighted by molar-refractivity contribution is 5.77. The molecule has 1 heterocycles. The summed E-state index contributed by atoms with van der Waals surface area (Å²) >= 11 is 0. The zero-order chi connectivity index (χ0) is 10.1. The van der Waals surface area contributed by atoms with Crippen molar-refractivity contribution in [3.8, 4) is 0 Å². The first-order valence-electron chi connectivity index (χ1n) is 4.52. The minimum Gasteiger partial charge on any atom is -0.481 e. The number of carboxylic acids is 1. The lowest BCUT2D eigenvalue weighted by Gasteiger charge is -2.45. The SMILES string of the molecule is CCC(N(C)C)C1(C(=O)O)COC1. The molecule has 0 aromatic heterocycles. The van der Waals surface area contributed by atoms with Gasteiger partial charge in [-0.25, -0.2) is 0 Å². The molecule has 0 aromatic carbocycles. The van der Waals surface area contributed by atoms with Gasteiger partial charge >= 0.3 is 5.97 Å². The van der Waals surface area contributed by atoms with Gasteiger partial charge in [0.05, 0.1) is 13.2 Å². The molecular weight excluding hydrogens is 170 g/mol. The molecule has 0 spiro atoms. The van der Waals surface area contributed by atoms with Crippen LogP contribution in [-0.2, 0) is 9.53 Å². The van der Waals surface area contributed by atoms with E-state index in [0.717, 1.165) is 6.42 Å². The van der Waals surface area contributed by atoms with Gasteiger partial charge in [0, 0.05) is 6.04 Å². The summed E-state index contributed by atoms with van der Waals surface area (Å²) in [6, 6.07) is 0.0683. The Morgan fingerprint density at radius 3 is 2.23 bits per heavy atom. The van der Waals surface area contributed by atoms with Gasteiger partial charge in [0.1, 0.15) is 5.41 Å². The summed E-state index contributed by atoms with van der Waals surface area (Å²) in [6.07, 6.45) is 0.836. The average molecular weight is 187 g/mol. The third kappa shape index (κ3) is 1.56. The predicted molar refractivity (Wildman–Crippen MR) is 48.7 cm³/mol. The molecular formula is C9H17NO3. The predicted octanol–water partition coefficient (Wildman–Crippen LogP) is 0.428. The fourth-order valence-electron chi connectivity index (χ4n) is 2.03. The minimum absolute atomic E-state index is 0.0683. The van der Waals surface area contributed by atoms with Crippen molar-refractivity contribution < 1.29 is 14.6 Å². The van der Waals surface area contributed by atoms with Crippen molar-refractivity contribution in [2.45, 2.75) is 19.4 Å². The zero-order valence-electron chi connectivity index (χ0n) is 8.41. The van der Waals surface area contributed by atoms with Crippen molar-refractivity contribution in [3.05, 3.63) is 0 Å². The highest BCUT2D eigenvalue weighted by Gasteiger charge is 2.52. The van der Waals surface area contributed by atoms with Crippen LogP contribution < -0.4 is 0 Å². The second kappa shape index (κ2) is 3.64. The summed E-state index contributed by atoms with van der Waals surface area (Å²) in [4.78, 5) is 13.1. The molecule has 1 N–H and O–H groups in total. The van der Waals surface area contributed by atoms with Gasteiger partial charge in [-0.1, -0.05) is 6.92 Å². The monoisotopic (exact) mass is 187 g/mol. The van der Waals surface area contributed by atoms with Gasteiger partial charge in [-0.3, -0.25) is 4.79 Å². The highest BCUT2D eigenvalue weighted by Crippen LogP contribution is 2.35. The summed E-state index contributed by atoms with van der Waals surface area (Å²) in [6.45, 7) is 2.70. The molecule has 1 rings (SSSR count). The molecule has 0 amide bonds. The topological polar surface area (TPSA) is 49.8 Å². The van der Waals surface area contributed by atoms with Crippen LogP contribution in [0.15, 0.2) is 0 Å². The largest absolute Gasteiger partial charge is 0.481 e. The Bertz CT molecular complexity index is 199. The van der Waals surface area contributed by atoms with E-state index in [1.54, 1.807) is 0 Å². The van der Waals surface area contributed by atoms with Crippen LogP contribution in [0.1, 0.15) is 13.3 Å². The number of hydrogen-bond donors (Lipinski definition) is 1. The molecule has 1 saturated heterocycles. The van der Waals surface area contributed by atoms with Crippen molar-refractivity contribution >= 4 is 5.97 Å². The van der Waals surface area contributed by atoms with Crippen LogP contribution in [0.25, 0.3) is 0 Å². The van der Waals surface area contributed by atoms with Crippen LogP contribution >= 0.6 is 0 Å². The molecule has 1 unspecified atom stereocenters. The lowest BCUT2D eigenvalue weighted by atomic mass is 9.76. The number of carboxylic acid groups (broad SMARTS) is 1. The number of aliphatic carboxylic acids is 1. The summed E-state index contributed by atoms with van der Waals surface area (Å²) < 4.78 is 5.03. The van der Waals surface area contributed by atoms with Gasteiger partial charge in [-0.2, -0.15) is 0 Å². The van der Waals surface area contributed by atoms with Crippen LogP contribution in [0.2, 0.25) is 0 Å². The lowest BCUT2D eigenvalue weighted by molar-refractivity contribution is -0.193. The van der Waals surface area contributed by atoms with E-state index in [0.29, 0.717) is 13.2 Å². The normalized spacial score (nSPS) is 22.5. The summed E-state index contributed by atoms with van der Waals surface area (Å²) in [5.74, 6) is -0.737. The zero-order valence-corrected chi connectivity index (χ0v) is 8.41. The third-order valence-corrected chi connectivity index (χ3v) is 2.79. The van der Waals surface area contributed by atoms with E-state index in [4.69, 9.17) is 9.84 Å². The summed E-state index contributed by atoms with van der Waals surface area (Å²) in [7, 11) is 3.83. The number of ether oxygens (including phenoxy) is 1. The van der Waals surface area contributed by atoms with Gasteiger partial charge in [-0.05, 0) is 20.5 Å². The molecule has 0 aromatic rings. The standard InChI is InChI=1S/C9H17NO3/c1-4-7(10(2)3)9(8(11)12)5-13-6-9/h7H,4-6H2,1-3H3,(H,11,12). The Balaban J connectivity index is 2.79. The molecule has 0 radical (unpaired) electrons. The first-order valence-corrected chi connectivity index (χ1v) is 4.52. The summed E-state index contributed by atoms with van der Waals surface area (Å²) in [5.41, 5.74) is -0.668. The first kappa shape index (κ1) is 10.5. The highest BCUT2D eigenvalue weighted by atomic mass is 16.5. The quantitative estimate of drug-likeness (QED) is 0.693. The molecule has 0 aliphatic carbocycles. The maximum absolute atomic E-state index is 11.1. The van der Waals surface area contributed by atoms with E-state index >= 15 is 0 Å². The third-order valence-electron chi connectivity index (χ3n) is 2.79. The van der Waals surface area contributed by atoms with Gasteiger partial charge in [0.25, 0.3) is 0 Å². The molecule has 1 atom stereocenters. The Morgan fingerprint density at radius 2 is 2.15 bits per heavy atom. The Labute approximate surface area is 78.5 Å². The maximum Gasteiger partial charge on any atom is 0.315 e. The molecule has 13 heavy (non-hydrogen) atoms. The second-order valence-electron chi connectivity index (χ2n) is 3.84. The van der Waals surface area contributed by atoms with Crippen LogP contribution in [0.4, 0.5) is 0 Å². The Morgan fingerprint density at radius 1 is 1.62 bits per heavy atom. The van der Waals surface area contributed by atoms with Crippen molar-refractivity contribution in [1.82, 2.24) is 4.90 Å². The van der Waals surface area contributed by atoms with Crippen LogP contribution in [0, 0.1) is 5.41 Å². The van der Waals surface area contributed by atoms with E-state index in [1.165, 1.54) is 0 Å². The van der Waals surface area contributed by atoms with Gasteiger partial charge in [-0.15, -0.1) is 0 Å². The second-order valence-corrected chi connectivity index (χ2v) is 3.84. The van der Waals surface area contributed by atoms with E-state index in [9.17, 15) is 4.79 Å². The molecule has 0 saturated carbocycles. The Kier molecular flexibility index (Phi) is 2.93. The maximum atomic E-state index is 11.1. The van der Waals surface area contributed by atoms with E-state index in [2.05, 4.69) is 0 Å². The molecule has 0 bridgehead atoms. The van der Waals surface area contributed by atoms with Gasteiger partial charge < -0.3 is 14.7 Å². The average Bonchev–Trinajstić information content (AvgIpc) is 1.94. The number of rotatable bonds is 4. The smallest absolute Gasteiger partial charge is 0.315 e. The fraction of sp³-hybridized carbons (Fsp3) is 0.889. The van der Waals surface area contributed by atoms with Gasteiger partial charge in [0.15, 0.2) is 0 Å². The minimum atomic E-state index is -0.737. The first-order chi connectivity index (χ1) is 6.04. The van der Waals surface area contributed by atoms with Crippen LogP contribution in [0.5, 0.6) is 0 Å². The van der Waals surface area contributed by atoms with E-state index in [-0.39, 0.29) is 6.04 Å². The number of carbonyl (C=O) groups is 1. The van der Waals surface area contributed by atoms with Crippen LogP contribution in [0.3, 0.4) is 0 Å². The Hall–Kier alpha value is -0.610. The van der Waals surface area contributed by atoms with Crippen molar-refractivity contribution in [3.63, 3.8) is 0 Å². The molecule has 1 aliphatic heterocycles. The lowest BCUT2D eigenvalue weighted by Crippen LogP contribution is -2.60. The van der Waals surface area contributed by atoms with E-state index in [1.807, 2.05) is 25.9 Å². The number of hydrogen-bond acceptors (Lipinski definition) is 3. The molecule has 1 aliphatic rings.